The van der Waals surface area contributed by atoms with E-state index in [1.165, 1.54) is 12.4 Å². The predicted molar refractivity (Wildman–Crippen MR) is 80.8 cm³/mol. The molecule has 0 atom stereocenters. The number of benzene rings is 1. The van der Waals surface area contributed by atoms with E-state index in [0.29, 0.717) is 0 Å². The predicted octanol–water partition coefficient (Wildman–Crippen LogP) is 3.18. The standard InChI is InChI=1S/C15H9ClF2N2O3/c1-2-23-15(22)7-4-19-9-5-20-13-6(10(9)14(7)21)3-8(17)11(16)12(13)18/h3-5H,2H2,1H3,(H,19,21). The van der Waals surface area contributed by atoms with Crippen molar-refractivity contribution in [2.45, 2.75) is 6.92 Å². The second-order valence-electron chi connectivity index (χ2n) is 4.68. The van der Waals surface area contributed by atoms with Crippen molar-refractivity contribution in [2.24, 2.45) is 0 Å². The van der Waals surface area contributed by atoms with E-state index >= 15 is 0 Å². The highest BCUT2D eigenvalue weighted by atomic mass is 35.5. The normalized spacial score (nSPS) is 11.1. The Morgan fingerprint density at radius 2 is 2.17 bits per heavy atom. The van der Waals surface area contributed by atoms with Crippen LogP contribution >= 0.6 is 11.6 Å². The van der Waals surface area contributed by atoms with Gasteiger partial charge in [0.05, 0.1) is 23.7 Å². The van der Waals surface area contributed by atoms with Crippen LogP contribution in [0.5, 0.6) is 0 Å². The summed E-state index contributed by atoms with van der Waals surface area (Å²) in [6, 6.07) is 0.917. The summed E-state index contributed by atoms with van der Waals surface area (Å²) in [7, 11) is 0. The number of hydrogen-bond donors (Lipinski definition) is 1. The Labute approximate surface area is 132 Å². The van der Waals surface area contributed by atoms with E-state index in [4.69, 9.17) is 16.3 Å². The van der Waals surface area contributed by atoms with Crippen molar-refractivity contribution in [3.8, 4) is 0 Å². The Balaban J connectivity index is 2.46. The van der Waals surface area contributed by atoms with Crippen molar-refractivity contribution in [2.75, 3.05) is 6.61 Å². The third-order valence-corrected chi connectivity index (χ3v) is 3.68. The van der Waals surface area contributed by atoms with Gasteiger partial charge in [0.1, 0.15) is 21.9 Å². The minimum atomic E-state index is -1.07. The number of nitrogens with one attached hydrogen (secondary N) is 1. The van der Waals surface area contributed by atoms with Crippen LogP contribution in [0.3, 0.4) is 0 Å². The van der Waals surface area contributed by atoms with Gasteiger partial charge in [0.2, 0.25) is 5.43 Å². The zero-order valence-corrected chi connectivity index (χ0v) is 12.5. The van der Waals surface area contributed by atoms with Crippen molar-refractivity contribution in [1.29, 1.82) is 0 Å². The summed E-state index contributed by atoms with van der Waals surface area (Å²) in [5, 5.41) is -0.841. The first-order valence-corrected chi connectivity index (χ1v) is 6.98. The van der Waals surface area contributed by atoms with Crippen molar-refractivity contribution in [1.82, 2.24) is 9.97 Å². The van der Waals surface area contributed by atoms with E-state index in [0.717, 1.165) is 6.07 Å². The first kappa shape index (κ1) is 15.4. The zero-order chi connectivity index (χ0) is 16.7. The largest absolute Gasteiger partial charge is 0.462 e. The summed E-state index contributed by atoms with van der Waals surface area (Å²) >= 11 is 5.52. The molecule has 0 radical (unpaired) electrons. The van der Waals surface area contributed by atoms with E-state index < -0.39 is 28.1 Å². The lowest BCUT2D eigenvalue weighted by Gasteiger charge is -2.07. The zero-order valence-electron chi connectivity index (χ0n) is 11.7. The summed E-state index contributed by atoms with van der Waals surface area (Å²) in [5.74, 6) is -2.91. The Morgan fingerprint density at radius 1 is 1.43 bits per heavy atom. The highest BCUT2D eigenvalue weighted by molar-refractivity contribution is 6.31. The van der Waals surface area contributed by atoms with Crippen LogP contribution in [0.15, 0.2) is 23.3 Å². The van der Waals surface area contributed by atoms with Gasteiger partial charge >= 0.3 is 5.97 Å². The summed E-state index contributed by atoms with van der Waals surface area (Å²) in [5.41, 5.74) is -0.986. The van der Waals surface area contributed by atoms with Crippen molar-refractivity contribution in [3.05, 3.63) is 50.9 Å². The Bertz CT molecular complexity index is 1020. The molecule has 3 rings (SSSR count). The molecular formula is C15H9ClF2N2O3. The molecule has 0 spiro atoms. The Hall–Kier alpha value is -2.54. The summed E-state index contributed by atoms with van der Waals surface area (Å²) in [4.78, 5) is 30.9. The van der Waals surface area contributed by atoms with Crippen LogP contribution in [0.4, 0.5) is 8.78 Å². The average molecular weight is 339 g/mol. The van der Waals surface area contributed by atoms with Crippen LogP contribution in [0.25, 0.3) is 21.8 Å². The molecule has 3 aromatic rings. The van der Waals surface area contributed by atoms with Crippen LogP contribution in [-0.4, -0.2) is 22.5 Å². The molecule has 2 heterocycles. The molecule has 8 heteroatoms. The van der Waals surface area contributed by atoms with Crippen molar-refractivity contribution in [3.63, 3.8) is 0 Å². The van der Waals surface area contributed by atoms with E-state index in [2.05, 4.69) is 9.97 Å². The number of ether oxygens (including phenoxy) is 1. The maximum absolute atomic E-state index is 14.1. The Morgan fingerprint density at radius 3 is 2.87 bits per heavy atom. The number of rotatable bonds is 2. The third-order valence-electron chi connectivity index (χ3n) is 3.34. The van der Waals surface area contributed by atoms with Gasteiger partial charge in [-0.15, -0.1) is 0 Å². The maximum atomic E-state index is 14.1. The van der Waals surface area contributed by atoms with E-state index in [-0.39, 0.29) is 34.0 Å². The van der Waals surface area contributed by atoms with Gasteiger partial charge in [-0.1, -0.05) is 11.6 Å². The fourth-order valence-corrected chi connectivity index (χ4v) is 2.45. The smallest absolute Gasteiger partial charge is 0.343 e. The molecule has 23 heavy (non-hydrogen) atoms. The maximum Gasteiger partial charge on any atom is 0.343 e. The third kappa shape index (κ3) is 2.33. The molecule has 0 amide bonds. The van der Waals surface area contributed by atoms with Gasteiger partial charge in [0, 0.05) is 11.6 Å². The summed E-state index contributed by atoms with van der Waals surface area (Å²) in [6.07, 6.45) is 2.39. The molecule has 1 aromatic carbocycles. The molecule has 0 bridgehead atoms. The lowest BCUT2D eigenvalue weighted by Crippen LogP contribution is -2.18. The number of halogens is 3. The van der Waals surface area contributed by atoms with Gasteiger partial charge in [-0.3, -0.25) is 9.78 Å². The average Bonchev–Trinajstić information content (AvgIpc) is 2.52. The highest BCUT2D eigenvalue weighted by Crippen LogP contribution is 2.29. The van der Waals surface area contributed by atoms with E-state index in [1.54, 1.807) is 6.92 Å². The van der Waals surface area contributed by atoms with Gasteiger partial charge in [-0.25, -0.2) is 13.6 Å². The molecule has 0 fully saturated rings. The molecular weight excluding hydrogens is 330 g/mol. The van der Waals surface area contributed by atoms with Crippen LogP contribution in [0.2, 0.25) is 5.02 Å². The molecule has 0 aliphatic carbocycles. The number of aromatic nitrogens is 2. The fraction of sp³-hybridized carbons (Fsp3) is 0.133. The number of esters is 1. The van der Waals surface area contributed by atoms with E-state index in [1.807, 2.05) is 0 Å². The Kier molecular flexibility index (Phi) is 3.73. The number of fused-ring (bicyclic) bond motifs is 3. The second-order valence-corrected chi connectivity index (χ2v) is 5.06. The molecule has 2 aromatic heterocycles. The molecule has 118 valence electrons. The summed E-state index contributed by atoms with van der Waals surface area (Å²) < 4.78 is 32.6. The topological polar surface area (TPSA) is 72.1 Å². The second kappa shape index (κ2) is 5.58. The minimum absolute atomic E-state index is 0.0602. The van der Waals surface area contributed by atoms with Gasteiger partial charge < -0.3 is 9.72 Å². The molecule has 0 saturated heterocycles. The van der Waals surface area contributed by atoms with Gasteiger partial charge in [-0.05, 0) is 13.0 Å². The van der Waals surface area contributed by atoms with Gasteiger partial charge in [0.15, 0.2) is 5.82 Å². The molecule has 0 saturated carbocycles. The van der Waals surface area contributed by atoms with Crippen LogP contribution in [0.1, 0.15) is 17.3 Å². The quantitative estimate of drug-likeness (QED) is 0.442. The van der Waals surface area contributed by atoms with Crippen LogP contribution in [0, 0.1) is 11.6 Å². The van der Waals surface area contributed by atoms with Crippen molar-refractivity contribution >= 4 is 39.4 Å². The number of carbonyl (C=O) groups excluding carboxylic acids is 1. The fourth-order valence-electron chi connectivity index (χ4n) is 2.31. The molecule has 5 nitrogen and oxygen atoms in total. The van der Waals surface area contributed by atoms with E-state index in [9.17, 15) is 18.4 Å². The molecule has 0 aliphatic heterocycles. The first-order chi connectivity index (χ1) is 11.0. The lowest BCUT2D eigenvalue weighted by molar-refractivity contribution is 0.0524. The number of aromatic amines is 1. The number of pyridine rings is 2. The minimum Gasteiger partial charge on any atom is -0.462 e. The SMILES string of the molecule is CCOC(=O)c1c[nH]c2cnc3c(F)c(Cl)c(F)cc3c2c1=O. The van der Waals surface area contributed by atoms with Crippen LogP contribution < -0.4 is 5.43 Å². The van der Waals surface area contributed by atoms with Gasteiger partial charge in [-0.2, -0.15) is 0 Å². The van der Waals surface area contributed by atoms with Gasteiger partial charge in [0.25, 0.3) is 0 Å². The molecule has 1 N–H and O–H groups in total. The number of H-pyrrole nitrogens is 1. The molecule has 0 unspecified atom stereocenters. The van der Waals surface area contributed by atoms with Crippen LogP contribution in [-0.2, 0) is 4.74 Å². The molecule has 0 aliphatic rings. The summed E-state index contributed by atoms with van der Waals surface area (Å²) in [6.45, 7) is 1.69. The number of nitrogens with zero attached hydrogens (tertiary/aromatic N) is 1. The first-order valence-electron chi connectivity index (χ1n) is 6.60. The highest BCUT2D eigenvalue weighted by Gasteiger charge is 2.19. The number of hydrogen-bond acceptors (Lipinski definition) is 4. The lowest BCUT2D eigenvalue weighted by atomic mass is 10.1. The van der Waals surface area contributed by atoms with Crippen molar-refractivity contribution < 1.29 is 18.3 Å². The monoisotopic (exact) mass is 338 g/mol. The number of carbonyl (C=O) groups is 1.